The van der Waals surface area contributed by atoms with E-state index in [0.717, 1.165) is 23.6 Å². The van der Waals surface area contributed by atoms with E-state index in [2.05, 4.69) is 6.92 Å². The van der Waals surface area contributed by atoms with Crippen LogP contribution < -0.4 is 0 Å². The largest absolute Gasteiger partial charge is 0.207 e. The van der Waals surface area contributed by atoms with E-state index in [1.165, 1.54) is 17.7 Å². The van der Waals surface area contributed by atoms with Crippen LogP contribution in [0.2, 0.25) is 0 Å². The molecule has 0 saturated heterocycles. The normalized spacial score (nSPS) is 10.6. The van der Waals surface area contributed by atoms with Crippen molar-refractivity contribution in [2.45, 2.75) is 20.3 Å². The number of hydrogen-bond donors (Lipinski definition) is 0. The van der Waals surface area contributed by atoms with E-state index < -0.39 is 11.6 Å². The van der Waals surface area contributed by atoms with Gasteiger partial charge in [0.15, 0.2) is 0 Å². The van der Waals surface area contributed by atoms with Crippen LogP contribution in [-0.2, 0) is 6.42 Å². The molecule has 0 nitrogen and oxygen atoms in total. The number of rotatable bonds is 2. The van der Waals surface area contributed by atoms with Crippen LogP contribution in [0.15, 0.2) is 36.4 Å². The summed E-state index contributed by atoms with van der Waals surface area (Å²) in [6, 6.07) is 9.48. The molecule has 0 atom stereocenters. The first-order valence-corrected chi connectivity index (χ1v) is 5.66. The summed E-state index contributed by atoms with van der Waals surface area (Å²) in [4.78, 5) is 0. The lowest BCUT2D eigenvalue weighted by Crippen LogP contribution is -1.90. The van der Waals surface area contributed by atoms with E-state index in [0.29, 0.717) is 5.56 Å². The maximum Gasteiger partial charge on any atom is 0.133 e. The molecule has 2 rings (SSSR count). The van der Waals surface area contributed by atoms with Crippen LogP contribution in [0, 0.1) is 18.6 Å². The Bertz CT molecular complexity index is 545. The maximum absolute atomic E-state index is 13.6. The standard InChI is InChI=1S/C15H14F2/c1-3-11-4-5-12(8-10(11)2)14-7-6-13(16)9-15(14)17/h4-9H,3H2,1-2H3. The lowest BCUT2D eigenvalue weighted by molar-refractivity contribution is 0.585. The summed E-state index contributed by atoms with van der Waals surface area (Å²) >= 11 is 0. The zero-order chi connectivity index (χ0) is 12.4. The van der Waals surface area contributed by atoms with Crippen molar-refractivity contribution in [2.24, 2.45) is 0 Å². The van der Waals surface area contributed by atoms with Crippen molar-refractivity contribution >= 4 is 0 Å². The molecular weight excluding hydrogens is 218 g/mol. The first-order chi connectivity index (χ1) is 8.11. The Balaban J connectivity index is 2.50. The summed E-state index contributed by atoms with van der Waals surface area (Å²) < 4.78 is 26.4. The molecule has 0 spiro atoms. The van der Waals surface area contributed by atoms with Gasteiger partial charge in [-0.3, -0.25) is 0 Å². The van der Waals surface area contributed by atoms with Crippen LogP contribution in [-0.4, -0.2) is 0 Å². The smallest absolute Gasteiger partial charge is 0.133 e. The molecular formula is C15H14F2. The first-order valence-electron chi connectivity index (χ1n) is 5.66. The van der Waals surface area contributed by atoms with Gasteiger partial charge in [0.2, 0.25) is 0 Å². The zero-order valence-corrected chi connectivity index (χ0v) is 9.93. The minimum Gasteiger partial charge on any atom is -0.207 e. The van der Waals surface area contributed by atoms with Gasteiger partial charge < -0.3 is 0 Å². The lowest BCUT2D eigenvalue weighted by Gasteiger charge is -2.08. The molecule has 88 valence electrons. The van der Waals surface area contributed by atoms with Crippen LogP contribution in [0.1, 0.15) is 18.1 Å². The number of hydrogen-bond acceptors (Lipinski definition) is 0. The summed E-state index contributed by atoms with van der Waals surface area (Å²) in [6.07, 6.45) is 0.956. The minimum atomic E-state index is -0.548. The fourth-order valence-corrected chi connectivity index (χ4v) is 1.98. The molecule has 0 aliphatic carbocycles. The highest BCUT2D eigenvalue weighted by Crippen LogP contribution is 2.25. The Morgan fingerprint density at radius 1 is 1.00 bits per heavy atom. The molecule has 2 aromatic rings. The van der Waals surface area contributed by atoms with E-state index in [1.54, 1.807) is 0 Å². The fourth-order valence-electron chi connectivity index (χ4n) is 1.98. The third-order valence-electron chi connectivity index (χ3n) is 2.97. The molecule has 0 N–H and O–H groups in total. The van der Waals surface area contributed by atoms with Gasteiger partial charge in [-0.25, -0.2) is 8.78 Å². The van der Waals surface area contributed by atoms with Crippen molar-refractivity contribution in [3.8, 4) is 11.1 Å². The van der Waals surface area contributed by atoms with E-state index in [9.17, 15) is 8.78 Å². The Labute approximate surface area is 99.9 Å². The number of benzene rings is 2. The van der Waals surface area contributed by atoms with Gasteiger partial charge >= 0.3 is 0 Å². The van der Waals surface area contributed by atoms with E-state index in [-0.39, 0.29) is 0 Å². The topological polar surface area (TPSA) is 0 Å². The molecule has 0 aromatic heterocycles. The minimum absolute atomic E-state index is 0.442. The second kappa shape index (κ2) is 4.66. The molecule has 0 unspecified atom stereocenters. The molecule has 0 saturated carbocycles. The van der Waals surface area contributed by atoms with Crippen LogP contribution in [0.4, 0.5) is 8.78 Å². The molecule has 0 amide bonds. The van der Waals surface area contributed by atoms with Crippen molar-refractivity contribution in [1.82, 2.24) is 0 Å². The van der Waals surface area contributed by atoms with Crippen molar-refractivity contribution in [2.75, 3.05) is 0 Å². The quantitative estimate of drug-likeness (QED) is 0.715. The Kier molecular flexibility index (Phi) is 3.23. The summed E-state index contributed by atoms with van der Waals surface area (Å²) in [5.41, 5.74) is 3.61. The highest BCUT2D eigenvalue weighted by Gasteiger charge is 2.07. The maximum atomic E-state index is 13.6. The van der Waals surface area contributed by atoms with E-state index in [4.69, 9.17) is 0 Å². The van der Waals surface area contributed by atoms with E-state index >= 15 is 0 Å². The predicted molar refractivity (Wildman–Crippen MR) is 65.9 cm³/mol. The average molecular weight is 232 g/mol. The van der Waals surface area contributed by atoms with Crippen LogP contribution in [0.3, 0.4) is 0 Å². The molecule has 0 aliphatic rings. The van der Waals surface area contributed by atoms with Crippen LogP contribution in [0.5, 0.6) is 0 Å². The molecule has 2 aromatic carbocycles. The highest BCUT2D eigenvalue weighted by atomic mass is 19.1. The molecule has 0 radical (unpaired) electrons. The van der Waals surface area contributed by atoms with Gasteiger partial charge in [-0.2, -0.15) is 0 Å². The Morgan fingerprint density at radius 3 is 2.35 bits per heavy atom. The summed E-state index contributed by atoms with van der Waals surface area (Å²) in [5.74, 6) is -1.07. The molecule has 2 heteroatoms. The zero-order valence-electron chi connectivity index (χ0n) is 9.93. The average Bonchev–Trinajstić information content (AvgIpc) is 2.29. The first kappa shape index (κ1) is 11.8. The Hall–Kier alpha value is -1.70. The molecule has 0 heterocycles. The van der Waals surface area contributed by atoms with Crippen molar-refractivity contribution in [1.29, 1.82) is 0 Å². The van der Waals surface area contributed by atoms with Gasteiger partial charge in [0, 0.05) is 11.6 Å². The van der Waals surface area contributed by atoms with Gasteiger partial charge in [0.05, 0.1) is 0 Å². The van der Waals surface area contributed by atoms with Crippen LogP contribution in [0.25, 0.3) is 11.1 Å². The van der Waals surface area contributed by atoms with Gasteiger partial charge in [-0.15, -0.1) is 0 Å². The van der Waals surface area contributed by atoms with Gasteiger partial charge in [0.25, 0.3) is 0 Å². The monoisotopic (exact) mass is 232 g/mol. The molecule has 17 heavy (non-hydrogen) atoms. The summed E-state index contributed by atoms with van der Waals surface area (Å²) in [5, 5.41) is 0. The van der Waals surface area contributed by atoms with E-state index in [1.807, 2.05) is 25.1 Å². The molecule has 0 bridgehead atoms. The SMILES string of the molecule is CCc1ccc(-c2ccc(F)cc2F)cc1C. The van der Waals surface area contributed by atoms with Gasteiger partial charge in [-0.1, -0.05) is 25.1 Å². The second-order valence-corrected chi connectivity index (χ2v) is 4.12. The van der Waals surface area contributed by atoms with Gasteiger partial charge in [0.1, 0.15) is 11.6 Å². The van der Waals surface area contributed by atoms with Gasteiger partial charge in [-0.05, 0) is 42.2 Å². The van der Waals surface area contributed by atoms with Crippen molar-refractivity contribution in [3.05, 3.63) is 59.2 Å². The molecule has 0 aliphatic heterocycles. The second-order valence-electron chi connectivity index (χ2n) is 4.12. The summed E-state index contributed by atoms with van der Waals surface area (Å²) in [6.45, 7) is 4.09. The Morgan fingerprint density at radius 2 is 1.76 bits per heavy atom. The summed E-state index contributed by atoms with van der Waals surface area (Å²) in [7, 11) is 0. The lowest BCUT2D eigenvalue weighted by atomic mass is 9.98. The fraction of sp³-hybridized carbons (Fsp3) is 0.200. The number of halogens is 2. The third-order valence-corrected chi connectivity index (χ3v) is 2.97. The van der Waals surface area contributed by atoms with Crippen molar-refractivity contribution in [3.63, 3.8) is 0 Å². The predicted octanol–water partition coefficient (Wildman–Crippen LogP) is 4.50. The number of aryl methyl sites for hydroxylation is 2. The molecule has 0 fully saturated rings. The highest BCUT2D eigenvalue weighted by molar-refractivity contribution is 5.65. The third kappa shape index (κ3) is 2.36. The van der Waals surface area contributed by atoms with Crippen molar-refractivity contribution < 1.29 is 8.78 Å². The van der Waals surface area contributed by atoms with Crippen LogP contribution >= 0.6 is 0 Å².